The van der Waals surface area contributed by atoms with Gasteiger partial charge in [0.2, 0.25) is 0 Å². The second-order valence-corrected chi connectivity index (χ2v) is 7.39. The first kappa shape index (κ1) is 19.2. The molecule has 1 aliphatic rings. The van der Waals surface area contributed by atoms with Crippen molar-refractivity contribution in [2.24, 2.45) is 16.3 Å². The molecule has 3 aromatic rings. The summed E-state index contributed by atoms with van der Waals surface area (Å²) in [6, 6.07) is 18.4. The van der Waals surface area contributed by atoms with E-state index in [1.807, 2.05) is 29.3 Å². The fourth-order valence-electron chi connectivity index (χ4n) is 3.85. The number of aromatic amines is 1. The molecule has 0 aliphatic carbocycles. The van der Waals surface area contributed by atoms with Crippen LogP contribution in [0.3, 0.4) is 0 Å². The van der Waals surface area contributed by atoms with E-state index in [0.29, 0.717) is 23.9 Å². The number of ether oxygens (including phenoxy) is 1. The number of nitrogens with one attached hydrogen (secondary N) is 1. The third kappa shape index (κ3) is 4.47. The average molecular weight is 390 g/mol. The number of para-hydroxylation sites is 1. The Balaban J connectivity index is 1.45. The summed E-state index contributed by atoms with van der Waals surface area (Å²) < 4.78 is 5.18. The first-order chi connectivity index (χ1) is 14.2. The van der Waals surface area contributed by atoms with Gasteiger partial charge in [-0.15, -0.1) is 5.11 Å². The Hall–Kier alpha value is -3.15. The summed E-state index contributed by atoms with van der Waals surface area (Å²) >= 11 is 0. The molecule has 0 spiro atoms. The smallest absolute Gasteiger partial charge is 0.357 e. The maximum Gasteiger partial charge on any atom is 0.357 e. The monoisotopic (exact) mass is 390 g/mol. The molecule has 1 fully saturated rings. The summed E-state index contributed by atoms with van der Waals surface area (Å²) in [5.41, 5.74) is 3.15. The Kier molecular flexibility index (Phi) is 5.89. The predicted octanol–water partition coefficient (Wildman–Crippen LogP) is 5.30. The van der Waals surface area contributed by atoms with Crippen molar-refractivity contribution in [2.45, 2.75) is 26.2 Å². The van der Waals surface area contributed by atoms with Crippen LogP contribution in [0, 0.1) is 5.92 Å². The first-order valence-electron chi connectivity index (χ1n) is 10.2. The third-order valence-corrected chi connectivity index (χ3v) is 5.39. The SMILES string of the molecule is CCOC(=O)c1[nH]c2ccccc2c1N=NN1CCC(Cc2ccccc2)CC1. The number of aromatic nitrogens is 1. The minimum absolute atomic E-state index is 0.319. The second kappa shape index (κ2) is 8.90. The van der Waals surface area contributed by atoms with Crippen molar-refractivity contribution >= 4 is 22.6 Å². The highest BCUT2D eigenvalue weighted by atomic mass is 16.5. The maximum absolute atomic E-state index is 12.3. The van der Waals surface area contributed by atoms with Crippen molar-refractivity contribution in [1.29, 1.82) is 0 Å². The minimum Gasteiger partial charge on any atom is -0.461 e. The van der Waals surface area contributed by atoms with Crippen molar-refractivity contribution in [2.75, 3.05) is 19.7 Å². The third-order valence-electron chi connectivity index (χ3n) is 5.39. The van der Waals surface area contributed by atoms with Gasteiger partial charge < -0.3 is 9.72 Å². The molecule has 6 heteroatoms. The van der Waals surface area contributed by atoms with Crippen LogP contribution in [0.4, 0.5) is 5.69 Å². The van der Waals surface area contributed by atoms with Gasteiger partial charge in [0.25, 0.3) is 0 Å². The van der Waals surface area contributed by atoms with E-state index in [9.17, 15) is 4.79 Å². The van der Waals surface area contributed by atoms with Crippen LogP contribution in [0.2, 0.25) is 0 Å². The molecule has 1 N–H and O–H groups in total. The number of esters is 1. The van der Waals surface area contributed by atoms with E-state index in [2.05, 4.69) is 45.7 Å². The molecule has 0 radical (unpaired) electrons. The van der Waals surface area contributed by atoms with Crippen molar-refractivity contribution in [3.05, 3.63) is 65.9 Å². The van der Waals surface area contributed by atoms with E-state index in [0.717, 1.165) is 43.3 Å². The maximum atomic E-state index is 12.3. The van der Waals surface area contributed by atoms with Gasteiger partial charge in [-0.2, -0.15) is 0 Å². The van der Waals surface area contributed by atoms with Gasteiger partial charge in [-0.05, 0) is 43.7 Å². The van der Waals surface area contributed by atoms with Gasteiger partial charge in [-0.25, -0.2) is 4.79 Å². The van der Waals surface area contributed by atoms with Crippen LogP contribution in [0.25, 0.3) is 10.9 Å². The fourth-order valence-corrected chi connectivity index (χ4v) is 3.85. The second-order valence-electron chi connectivity index (χ2n) is 7.39. The number of piperidine rings is 1. The van der Waals surface area contributed by atoms with Crippen LogP contribution >= 0.6 is 0 Å². The molecule has 0 saturated carbocycles. The lowest BCUT2D eigenvalue weighted by atomic mass is 9.91. The van der Waals surface area contributed by atoms with Gasteiger partial charge in [0.15, 0.2) is 5.69 Å². The number of nitrogens with zero attached hydrogens (tertiary/aromatic N) is 3. The van der Waals surface area contributed by atoms with Gasteiger partial charge in [-0.3, -0.25) is 5.01 Å². The molecular formula is C23H26N4O2. The molecule has 1 aromatic heterocycles. The largest absolute Gasteiger partial charge is 0.461 e. The van der Waals surface area contributed by atoms with Crippen LogP contribution in [0.1, 0.15) is 35.8 Å². The molecule has 0 amide bonds. The Morgan fingerprint density at radius 1 is 1.10 bits per heavy atom. The van der Waals surface area contributed by atoms with E-state index in [1.165, 1.54) is 5.56 Å². The van der Waals surface area contributed by atoms with Crippen LogP contribution in [-0.4, -0.2) is 35.7 Å². The van der Waals surface area contributed by atoms with Crippen LogP contribution in [-0.2, 0) is 11.2 Å². The highest BCUT2D eigenvalue weighted by molar-refractivity contribution is 6.04. The van der Waals surface area contributed by atoms with Crippen molar-refractivity contribution < 1.29 is 9.53 Å². The zero-order valence-corrected chi connectivity index (χ0v) is 16.7. The van der Waals surface area contributed by atoms with Crippen molar-refractivity contribution in [3.8, 4) is 0 Å². The molecule has 0 bridgehead atoms. The highest BCUT2D eigenvalue weighted by Gasteiger charge is 2.21. The number of hydrogen-bond acceptors (Lipinski definition) is 4. The first-order valence-corrected chi connectivity index (χ1v) is 10.2. The normalized spacial score (nSPS) is 15.3. The Bertz CT molecular complexity index is 989. The van der Waals surface area contributed by atoms with Crippen LogP contribution in [0.5, 0.6) is 0 Å². The summed E-state index contributed by atoms with van der Waals surface area (Å²) in [5.74, 6) is 0.270. The van der Waals surface area contributed by atoms with Gasteiger partial charge in [0.1, 0.15) is 5.69 Å². The molecule has 4 rings (SSSR count). The van der Waals surface area contributed by atoms with Crippen molar-refractivity contribution in [1.82, 2.24) is 9.99 Å². The van der Waals surface area contributed by atoms with Gasteiger partial charge >= 0.3 is 5.97 Å². The van der Waals surface area contributed by atoms with Crippen molar-refractivity contribution in [3.63, 3.8) is 0 Å². The van der Waals surface area contributed by atoms with E-state index < -0.39 is 5.97 Å². The number of hydrogen-bond donors (Lipinski definition) is 1. The molecule has 0 unspecified atom stereocenters. The zero-order valence-electron chi connectivity index (χ0n) is 16.7. The number of fused-ring (bicyclic) bond motifs is 1. The predicted molar refractivity (Wildman–Crippen MR) is 113 cm³/mol. The molecular weight excluding hydrogens is 364 g/mol. The highest BCUT2D eigenvalue weighted by Crippen LogP contribution is 2.32. The molecule has 6 nitrogen and oxygen atoms in total. The Morgan fingerprint density at radius 2 is 1.83 bits per heavy atom. The van der Waals surface area contributed by atoms with Gasteiger partial charge in [0.05, 0.1) is 6.61 Å². The molecule has 29 heavy (non-hydrogen) atoms. The molecule has 2 heterocycles. The van der Waals surface area contributed by atoms with E-state index in [-0.39, 0.29) is 0 Å². The quantitative estimate of drug-likeness (QED) is 0.459. The summed E-state index contributed by atoms with van der Waals surface area (Å²) in [7, 11) is 0. The molecule has 1 saturated heterocycles. The standard InChI is InChI=1S/C23H26N4O2/c1-2-29-23(28)22-21(19-10-6-7-11-20(19)24-22)25-26-27-14-12-18(13-15-27)16-17-8-4-3-5-9-17/h3-11,18,24H,2,12-16H2,1H3. The van der Waals surface area contributed by atoms with E-state index in [1.54, 1.807) is 6.92 Å². The number of rotatable bonds is 6. The van der Waals surface area contributed by atoms with E-state index >= 15 is 0 Å². The fraction of sp³-hybridized carbons (Fsp3) is 0.348. The average Bonchev–Trinajstić information content (AvgIpc) is 3.13. The number of H-pyrrole nitrogens is 1. The topological polar surface area (TPSA) is 70.0 Å². The summed E-state index contributed by atoms with van der Waals surface area (Å²) in [4.78, 5) is 15.5. The van der Waals surface area contributed by atoms with Gasteiger partial charge in [0, 0.05) is 24.0 Å². The number of carbonyl (C=O) groups is 1. The number of benzene rings is 2. The lowest BCUT2D eigenvalue weighted by Gasteiger charge is -2.29. The lowest BCUT2D eigenvalue weighted by molar-refractivity contribution is 0.0521. The summed E-state index contributed by atoms with van der Waals surface area (Å²) in [6.45, 7) is 3.86. The van der Waals surface area contributed by atoms with Crippen LogP contribution < -0.4 is 0 Å². The Labute approximate surface area is 170 Å². The van der Waals surface area contributed by atoms with E-state index in [4.69, 9.17) is 4.74 Å². The molecule has 0 atom stereocenters. The van der Waals surface area contributed by atoms with Crippen LogP contribution in [0.15, 0.2) is 64.9 Å². The summed E-state index contributed by atoms with van der Waals surface area (Å²) in [6.07, 6.45) is 3.29. The molecule has 2 aromatic carbocycles. The molecule has 1 aliphatic heterocycles. The number of carbonyl (C=O) groups excluding carboxylic acids is 1. The minimum atomic E-state index is -0.404. The summed E-state index contributed by atoms with van der Waals surface area (Å²) in [5, 5.41) is 11.8. The Morgan fingerprint density at radius 3 is 2.59 bits per heavy atom. The van der Waals surface area contributed by atoms with Gasteiger partial charge in [-0.1, -0.05) is 53.8 Å². The zero-order chi connectivity index (χ0) is 20.1. The lowest BCUT2D eigenvalue weighted by Crippen LogP contribution is -2.30. The molecule has 150 valence electrons.